The molecule has 1 atom stereocenters. The highest BCUT2D eigenvalue weighted by atomic mass is 19.1. The molecule has 112 valence electrons. The molecule has 0 spiro atoms. The molecule has 1 fully saturated rings. The number of aliphatic hydroxyl groups is 1. The molecule has 1 aromatic rings. The summed E-state index contributed by atoms with van der Waals surface area (Å²) in [4.78, 5) is 2.10. The largest absolute Gasteiger partial charge is 0.396 e. The average Bonchev–Trinajstić information content (AvgIpc) is 2.47. The van der Waals surface area contributed by atoms with E-state index in [2.05, 4.69) is 11.8 Å². The van der Waals surface area contributed by atoms with Crippen molar-refractivity contribution < 1.29 is 13.9 Å². The molecule has 1 heterocycles. The summed E-state index contributed by atoms with van der Waals surface area (Å²) >= 11 is 0. The lowest BCUT2D eigenvalue weighted by molar-refractivity contribution is 0.0259. The van der Waals surface area contributed by atoms with Crippen molar-refractivity contribution in [2.24, 2.45) is 5.41 Å². The van der Waals surface area contributed by atoms with Crippen LogP contribution < -0.4 is 0 Å². The van der Waals surface area contributed by atoms with E-state index >= 15 is 0 Å². The smallest absolute Gasteiger partial charge is 0.130 e. The fraction of sp³-hybridized carbons (Fsp3) is 0.625. The van der Waals surface area contributed by atoms with E-state index in [1.54, 1.807) is 0 Å². The lowest BCUT2D eigenvalue weighted by atomic mass is 9.76. The molecule has 1 aromatic carbocycles. The van der Waals surface area contributed by atoms with Crippen molar-refractivity contribution in [1.82, 2.24) is 4.90 Å². The molecular formula is C16H23F2NO. The summed E-state index contributed by atoms with van der Waals surface area (Å²) in [6.07, 6.45) is 2.70. The Hall–Kier alpha value is -1.00. The molecular weight excluding hydrogens is 260 g/mol. The van der Waals surface area contributed by atoms with Gasteiger partial charge in [-0.3, -0.25) is 4.90 Å². The molecule has 2 nitrogen and oxygen atoms in total. The highest BCUT2D eigenvalue weighted by molar-refractivity contribution is 5.23. The third-order valence-corrected chi connectivity index (χ3v) is 4.91. The second kappa shape index (κ2) is 6.19. The third-order valence-electron chi connectivity index (χ3n) is 4.91. The molecule has 1 unspecified atom stereocenters. The van der Waals surface area contributed by atoms with Crippen LogP contribution in [-0.2, 0) is 0 Å². The Labute approximate surface area is 119 Å². The Morgan fingerprint density at radius 3 is 2.25 bits per heavy atom. The maximum atomic E-state index is 13.8. The first-order chi connectivity index (χ1) is 9.53. The van der Waals surface area contributed by atoms with Crippen LogP contribution in [-0.4, -0.2) is 29.7 Å². The van der Waals surface area contributed by atoms with Crippen LogP contribution >= 0.6 is 0 Å². The van der Waals surface area contributed by atoms with Crippen LogP contribution in [0.3, 0.4) is 0 Å². The number of rotatable bonds is 4. The molecule has 0 saturated carbocycles. The van der Waals surface area contributed by atoms with Gasteiger partial charge in [0.05, 0.1) is 0 Å². The minimum atomic E-state index is -0.480. The fourth-order valence-corrected chi connectivity index (χ4v) is 3.10. The standard InChI is InChI=1S/C16H23F2NO/c1-3-16(11-20)7-9-19(10-8-16)12(2)15-13(17)5-4-6-14(15)18/h4-6,12,20H,3,7-11H2,1-2H3. The van der Waals surface area contributed by atoms with E-state index in [1.165, 1.54) is 18.2 Å². The van der Waals surface area contributed by atoms with Crippen LogP contribution in [0.15, 0.2) is 18.2 Å². The second-order valence-corrected chi connectivity index (χ2v) is 5.86. The fourth-order valence-electron chi connectivity index (χ4n) is 3.10. The van der Waals surface area contributed by atoms with Gasteiger partial charge in [-0.1, -0.05) is 13.0 Å². The van der Waals surface area contributed by atoms with Gasteiger partial charge in [-0.05, 0) is 56.8 Å². The van der Waals surface area contributed by atoms with E-state index in [4.69, 9.17) is 0 Å². The number of benzene rings is 1. The molecule has 0 aromatic heterocycles. The second-order valence-electron chi connectivity index (χ2n) is 5.86. The summed E-state index contributed by atoms with van der Waals surface area (Å²) < 4.78 is 27.7. The Balaban J connectivity index is 2.11. The van der Waals surface area contributed by atoms with Crippen LogP contribution in [0.5, 0.6) is 0 Å². The van der Waals surface area contributed by atoms with Crippen molar-refractivity contribution >= 4 is 0 Å². The number of nitrogens with zero attached hydrogens (tertiary/aromatic N) is 1. The Bertz CT molecular complexity index is 430. The molecule has 1 aliphatic rings. The van der Waals surface area contributed by atoms with Crippen LogP contribution in [0, 0.1) is 17.0 Å². The minimum absolute atomic E-state index is 0.00992. The zero-order valence-corrected chi connectivity index (χ0v) is 12.2. The van der Waals surface area contributed by atoms with Crippen molar-refractivity contribution in [2.45, 2.75) is 39.2 Å². The lowest BCUT2D eigenvalue weighted by Gasteiger charge is -2.42. The van der Waals surface area contributed by atoms with E-state index in [9.17, 15) is 13.9 Å². The van der Waals surface area contributed by atoms with Crippen molar-refractivity contribution in [3.8, 4) is 0 Å². The van der Waals surface area contributed by atoms with E-state index in [0.29, 0.717) is 0 Å². The van der Waals surface area contributed by atoms with Crippen molar-refractivity contribution in [3.05, 3.63) is 35.4 Å². The van der Waals surface area contributed by atoms with E-state index in [1.807, 2.05) is 6.92 Å². The van der Waals surface area contributed by atoms with Gasteiger partial charge < -0.3 is 5.11 Å². The Morgan fingerprint density at radius 2 is 1.80 bits per heavy atom. The normalized spacial score (nSPS) is 20.9. The Morgan fingerprint density at radius 1 is 1.25 bits per heavy atom. The van der Waals surface area contributed by atoms with E-state index in [-0.39, 0.29) is 23.6 Å². The van der Waals surface area contributed by atoms with Crippen molar-refractivity contribution in [3.63, 3.8) is 0 Å². The highest BCUT2D eigenvalue weighted by Crippen LogP contribution is 2.37. The number of likely N-dealkylation sites (tertiary alicyclic amines) is 1. The maximum absolute atomic E-state index is 13.8. The van der Waals surface area contributed by atoms with Gasteiger partial charge >= 0.3 is 0 Å². The molecule has 1 aliphatic heterocycles. The number of aliphatic hydroxyl groups excluding tert-OH is 1. The topological polar surface area (TPSA) is 23.5 Å². The summed E-state index contributed by atoms with van der Waals surface area (Å²) in [5, 5.41) is 9.53. The first-order valence-corrected chi connectivity index (χ1v) is 7.32. The zero-order chi connectivity index (χ0) is 14.8. The number of hydrogen-bond donors (Lipinski definition) is 1. The quantitative estimate of drug-likeness (QED) is 0.914. The molecule has 1 saturated heterocycles. The highest BCUT2D eigenvalue weighted by Gasteiger charge is 2.34. The molecule has 0 bridgehead atoms. The van der Waals surface area contributed by atoms with Gasteiger partial charge in [-0.2, -0.15) is 0 Å². The Kier molecular flexibility index (Phi) is 4.76. The monoisotopic (exact) mass is 283 g/mol. The van der Waals surface area contributed by atoms with Crippen LogP contribution in [0.2, 0.25) is 0 Å². The van der Waals surface area contributed by atoms with Gasteiger partial charge in [0.2, 0.25) is 0 Å². The molecule has 20 heavy (non-hydrogen) atoms. The van der Waals surface area contributed by atoms with Crippen molar-refractivity contribution in [1.29, 1.82) is 0 Å². The number of hydrogen-bond acceptors (Lipinski definition) is 2. The van der Waals surface area contributed by atoms with Crippen LogP contribution in [0.1, 0.15) is 44.7 Å². The van der Waals surface area contributed by atoms with Crippen LogP contribution in [0.25, 0.3) is 0 Å². The van der Waals surface area contributed by atoms with E-state index < -0.39 is 11.6 Å². The van der Waals surface area contributed by atoms with Gasteiger partial charge in [0.25, 0.3) is 0 Å². The minimum Gasteiger partial charge on any atom is -0.396 e. The summed E-state index contributed by atoms with van der Waals surface area (Å²) in [6.45, 7) is 5.66. The van der Waals surface area contributed by atoms with Gasteiger partial charge in [0.15, 0.2) is 0 Å². The zero-order valence-electron chi connectivity index (χ0n) is 12.2. The van der Waals surface area contributed by atoms with Gasteiger partial charge in [0, 0.05) is 18.2 Å². The van der Waals surface area contributed by atoms with Gasteiger partial charge in [-0.15, -0.1) is 0 Å². The van der Waals surface area contributed by atoms with Gasteiger partial charge in [0.1, 0.15) is 11.6 Å². The molecule has 0 amide bonds. The first-order valence-electron chi connectivity index (χ1n) is 7.32. The predicted molar refractivity (Wildman–Crippen MR) is 75.4 cm³/mol. The summed E-state index contributed by atoms with van der Waals surface area (Å²) in [6, 6.07) is 3.74. The molecule has 2 rings (SSSR count). The lowest BCUT2D eigenvalue weighted by Crippen LogP contribution is -2.43. The molecule has 0 aliphatic carbocycles. The van der Waals surface area contributed by atoms with Crippen molar-refractivity contribution in [2.75, 3.05) is 19.7 Å². The molecule has 4 heteroatoms. The SMILES string of the molecule is CCC1(CO)CCN(C(C)c2c(F)cccc2F)CC1. The third kappa shape index (κ3) is 2.86. The van der Waals surface area contributed by atoms with Gasteiger partial charge in [-0.25, -0.2) is 8.78 Å². The summed E-state index contributed by atoms with van der Waals surface area (Å²) in [7, 11) is 0. The average molecular weight is 283 g/mol. The number of piperidine rings is 1. The summed E-state index contributed by atoms with van der Waals surface area (Å²) in [5.74, 6) is -0.959. The summed E-state index contributed by atoms with van der Waals surface area (Å²) in [5.41, 5.74) is 0.143. The molecule has 0 radical (unpaired) electrons. The van der Waals surface area contributed by atoms with Crippen LogP contribution in [0.4, 0.5) is 8.78 Å². The van der Waals surface area contributed by atoms with E-state index in [0.717, 1.165) is 32.4 Å². The first kappa shape index (κ1) is 15.4. The predicted octanol–water partition coefficient (Wildman–Crippen LogP) is 3.51. The number of halogens is 2. The molecule has 1 N–H and O–H groups in total. The maximum Gasteiger partial charge on any atom is 0.130 e.